The zero-order chi connectivity index (χ0) is 16.6. The van der Waals surface area contributed by atoms with Crippen LogP contribution in [-0.2, 0) is 6.54 Å². The van der Waals surface area contributed by atoms with Gasteiger partial charge in [0.2, 0.25) is 0 Å². The Morgan fingerprint density at radius 1 is 1.25 bits per heavy atom. The lowest BCUT2D eigenvalue weighted by Gasteiger charge is -2.26. The van der Waals surface area contributed by atoms with E-state index in [1.165, 1.54) is 12.8 Å². The molecule has 1 atom stereocenters. The molecule has 1 saturated heterocycles. The molecule has 1 aliphatic heterocycles. The molecule has 0 bridgehead atoms. The summed E-state index contributed by atoms with van der Waals surface area (Å²) in [4.78, 5) is 11.1. The van der Waals surface area contributed by atoms with E-state index >= 15 is 0 Å². The van der Waals surface area contributed by atoms with Gasteiger partial charge in [-0.2, -0.15) is 0 Å². The first kappa shape index (κ1) is 16.5. The molecule has 6 nitrogen and oxygen atoms in total. The van der Waals surface area contributed by atoms with Gasteiger partial charge in [-0.3, -0.25) is 14.9 Å². The van der Waals surface area contributed by atoms with Crippen LogP contribution in [0.1, 0.15) is 30.3 Å². The van der Waals surface area contributed by atoms with Crippen molar-refractivity contribution in [3.8, 4) is 0 Å². The highest BCUT2D eigenvalue weighted by atomic mass is 16.3. The van der Waals surface area contributed by atoms with E-state index in [2.05, 4.69) is 31.6 Å². The van der Waals surface area contributed by atoms with Crippen LogP contribution in [0.15, 0.2) is 52.2 Å². The molecule has 0 amide bonds. The van der Waals surface area contributed by atoms with E-state index in [1.54, 1.807) is 19.5 Å². The van der Waals surface area contributed by atoms with Crippen molar-refractivity contribution in [1.82, 2.24) is 20.5 Å². The lowest BCUT2D eigenvalue weighted by atomic mass is 10.2. The minimum Gasteiger partial charge on any atom is -0.468 e. The Labute approximate surface area is 143 Å². The monoisotopic (exact) mass is 327 g/mol. The number of guanidine groups is 1. The molecule has 0 saturated carbocycles. The number of hydrogen-bond donors (Lipinski definition) is 2. The average Bonchev–Trinajstić information content (AvgIpc) is 3.33. The second kappa shape index (κ2) is 8.49. The highest BCUT2D eigenvalue weighted by molar-refractivity contribution is 5.79. The zero-order valence-electron chi connectivity index (χ0n) is 14.1. The van der Waals surface area contributed by atoms with Crippen molar-refractivity contribution in [3.05, 3.63) is 54.2 Å². The predicted molar refractivity (Wildman–Crippen MR) is 94.7 cm³/mol. The van der Waals surface area contributed by atoms with Gasteiger partial charge in [0.05, 0.1) is 24.5 Å². The Kier molecular flexibility index (Phi) is 5.85. The molecule has 2 N–H and O–H groups in total. The molecular formula is C18H25N5O. The molecular weight excluding hydrogens is 302 g/mol. The summed E-state index contributed by atoms with van der Waals surface area (Å²) in [7, 11) is 1.78. The first-order chi connectivity index (χ1) is 11.9. The molecule has 3 heterocycles. The maximum Gasteiger partial charge on any atom is 0.191 e. The molecule has 6 heteroatoms. The number of hydrogen-bond acceptors (Lipinski definition) is 4. The summed E-state index contributed by atoms with van der Waals surface area (Å²) in [6.45, 7) is 3.64. The van der Waals surface area contributed by atoms with E-state index in [9.17, 15) is 0 Å². The number of nitrogens with zero attached hydrogens (tertiary/aromatic N) is 3. The standard InChI is InChI=1S/C18H25N5O/c1-19-18(21-13-15-7-2-3-9-20-15)22-14-16(17-8-6-12-24-17)23-10-4-5-11-23/h2-3,6-9,12,16H,4-5,10-11,13-14H2,1H3,(H2,19,21,22). The fourth-order valence-electron chi connectivity index (χ4n) is 3.03. The predicted octanol–water partition coefficient (Wildman–Crippen LogP) is 2.18. The maximum atomic E-state index is 5.65. The number of pyridine rings is 1. The van der Waals surface area contributed by atoms with Gasteiger partial charge in [0, 0.05) is 19.8 Å². The normalized spacial score (nSPS) is 17.0. The Hall–Kier alpha value is -2.34. The maximum absolute atomic E-state index is 5.65. The quantitative estimate of drug-likeness (QED) is 0.629. The van der Waals surface area contributed by atoms with Crippen molar-refractivity contribution < 1.29 is 4.42 Å². The summed E-state index contributed by atoms with van der Waals surface area (Å²) in [5.74, 6) is 1.78. The van der Waals surface area contributed by atoms with Gasteiger partial charge in [-0.1, -0.05) is 6.07 Å². The number of aliphatic imine (C=N–C) groups is 1. The van der Waals surface area contributed by atoms with Crippen molar-refractivity contribution in [2.45, 2.75) is 25.4 Å². The van der Waals surface area contributed by atoms with Gasteiger partial charge in [-0.25, -0.2) is 0 Å². The van der Waals surface area contributed by atoms with Crippen LogP contribution in [0.3, 0.4) is 0 Å². The van der Waals surface area contributed by atoms with E-state index in [0.717, 1.165) is 37.0 Å². The van der Waals surface area contributed by atoms with Crippen LogP contribution in [0.2, 0.25) is 0 Å². The lowest BCUT2D eigenvalue weighted by Crippen LogP contribution is -2.42. The summed E-state index contributed by atoms with van der Waals surface area (Å²) in [5, 5.41) is 6.72. The van der Waals surface area contributed by atoms with Crippen LogP contribution in [-0.4, -0.2) is 42.5 Å². The summed E-state index contributed by atoms with van der Waals surface area (Å²) < 4.78 is 5.65. The molecule has 2 aromatic rings. The van der Waals surface area contributed by atoms with Crippen LogP contribution in [0.5, 0.6) is 0 Å². The smallest absolute Gasteiger partial charge is 0.191 e. The van der Waals surface area contributed by atoms with E-state index in [1.807, 2.05) is 24.3 Å². The number of aromatic nitrogens is 1. The van der Waals surface area contributed by atoms with Gasteiger partial charge in [0.15, 0.2) is 5.96 Å². The molecule has 0 aromatic carbocycles. The number of likely N-dealkylation sites (tertiary alicyclic amines) is 1. The Morgan fingerprint density at radius 2 is 2.12 bits per heavy atom. The van der Waals surface area contributed by atoms with E-state index in [4.69, 9.17) is 4.42 Å². The minimum atomic E-state index is 0.232. The van der Waals surface area contributed by atoms with Crippen molar-refractivity contribution >= 4 is 5.96 Å². The first-order valence-corrected chi connectivity index (χ1v) is 8.48. The van der Waals surface area contributed by atoms with Crippen molar-refractivity contribution in [2.24, 2.45) is 4.99 Å². The van der Waals surface area contributed by atoms with Gasteiger partial charge >= 0.3 is 0 Å². The Morgan fingerprint density at radius 3 is 2.79 bits per heavy atom. The number of rotatable bonds is 6. The van der Waals surface area contributed by atoms with Gasteiger partial charge in [0.1, 0.15) is 5.76 Å². The zero-order valence-corrected chi connectivity index (χ0v) is 14.1. The van der Waals surface area contributed by atoms with Crippen LogP contribution in [0.4, 0.5) is 0 Å². The molecule has 1 aliphatic rings. The summed E-state index contributed by atoms with van der Waals surface area (Å²) in [6, 6.07) is 10.1. The highest BCUT2D eigenvalue weighted by Gasteiger charge is 2.25. The van der Waals surface area contributed by atoms with E-state index in [-0.39, 0.29) is 6.04 Å². The number of nitrogens with one attached hydrogen (secondary N) is 2. The molecule has 1 fully saturated rings. The third-order valence-corrected chi connectivity index (χ3v) is 4.30. The van der Waals surface area contributed by atoms with Crippen LogP contribution in [0, 0.1) is 0 Å². The molecule has 128 valence electrons. The van der Waals surface area contributed by atoms with Crippen LogP contribution < -0.4 is 10.6 Å². The second-order valence-corrected chi connectivity index (χ2v) is 5.90. The van der Waals surface area contributed by atoms with Gasteiger partial charge < -0.3 is 15.1 Å². The number of furan rings is 1. The van der Waals surface area contributed by atoms with Crippen LogP contribution in [0.25, 0.3) is 0 Å². The molecule has 3 rings (SSSR count). The SMILES string of the molecule is CN=C(NCc1ccccn1)NCC(c1ccco1)N1CCCC1. The molecule has 1 unspecified atom stereocenters. The lowest BCUT2D eigenvalue weighted by molar-refractivity contribution is 0.215. The summed E-state index contributed by atoms with van der Waals surface area (Å²) >= 11 is 0. The first-order valence-electron chi connectivity index (χ1n) is 8.48. The van der Waals surface area contributed by atoms with Crippen LogP contribution >= 0.6 is 0 Å². The van der Waals surface area contributed by atoms with E-state index in [0.29, 0.717) is 6.54 Å². The van der Waals surface area contributed by atoms with E-state index < -0.39 is 0 Å². The van der Waals surface area contributed by atoms with Crippen molar-refractivity contribution in [2.75, 3.05) is 26.7 Å². The topological polar surface area (TPSA) is 65.7 Å². The summed E-state index contributed by atoms with van der Waals surface area (Å²) in [5.41, 5.74) is 0.988. The second-order valence-electron chi connectivity index (χ2n) is 5.90. The average molecular weight is 327 g/mol. The van der Waals surface area contributed by atoms with Crippen molar-refractivity contribution in [3.63, 3.8) is 0 Å². The molecule has 0 spiro atoms. The third-order valence-electron chi connectivity index (χ3n) is 4.30. The summed E-state index contributed by atoms with van der Waals surface area (Å²) in [6.07, 6.45) is 6.05. The van der Waals surface area contributed by atoms with Gasteiger partial charge in [-0.15, -0.1) is 0 Å². The molecule has 2 aromatic heterocycles. The Balaban J connectivity index is 1.56. The molecule has 0 radical (unpaired) electrons. The Bertz CT molecular complexity index is 620. The van der Waals surface area contributed by atoms with Gasteiger partial charge in [-0.05, 0) is 50.2 Å². The molecule has 0 aliphatic carbocycles. The minimum absolute atomic E-state index is 0.232. The third kappa shape index (κ3) is 4.35. The molecule has 24 heavy (non-hydrogen) atoms. The highest BCUT2D eigenvalue weighted by Crippen LogP contribution is 2.24. The van der Waals surface area contributed by atoms with Gasteiger partial charge in [0.25, 0.3) is 0 Å². The van der Waals surface area contributed by atoms with Crippen molar-refractivity contribution in [1.29, 1.82) is 0 Å². The fourth-order valence-corrected chi connectivity index (χ4v) is 3.03. The largest absolute Gasteiger partial charge is 0.468 e. The fraction of sp³-hybridized carbons (Fsp3) is 0.444.